The van der Waals surface area contributed by atoms with Crippen molar-refractivity contribution in [1.82, 2.24) is 5.32 Å². The summed E-state index contributed by atoms with van der Waals surface area (Å²) in [5.74, 6) is 0. The van der Waals surface area contributed by atoms with Crippen molar-refractivity contribution in [3.63, 3.8) is 0 Å². The van der Waals surface area contributed by atoms with E-state index in [-0.39, 0.29) is 6.04 Å². The molecule has 0 heterocycles. The van der Waals surface area contributed by atoms with E-state index in [1.165, 1.54) is 11.1 Å². The van der Waals surface area contributed by atoms with Crippen LogP contribution in [0.4, 0.5) is 0 Å². The first-order valence-corrected chi connectivity index (χ1v) is 8.99. The number of nitrogens with one attached hydrogen (secondary N) is 1. The highest BCUT2D eigenvalue weighted by Crippen LogP contribution is 2.29. The molecule has 1 N–H and O–H groups in total. The predicted molar refractivity (Wildman–Crippen MR) is 98.0 cm³/mol. The van der Waals surface area contributed by atoms with Gasteiger partial charge in [-0.3, -0.25) is 0 Å². The minimum Gasteiger partial charge on any atom is -0.310 e. The second-order valence-corrected chi connectivity index (χ2v) is 7.21. The Labute approximate surface area is 148 Å². The Hall–Kier alpha value is -0.350. The summed E-state index contributed by atoms with van der Waals surface area (Å²) < 4.78 is 2.20. The first-order valence-electron chi connectivity index (χ1n) is 7.03. The monoisotopic (exact) mass is 429 g/mol. The Balaban J connectivity index is 2.27. The molecule has 0 bridgehead atoms. The standard InChI is InChI=1S/C17H18Br2ClN/c1-2-8-21-17(10-12-4-3-5-13(18)9-12)15-11-14(20)6-7-16(15)19/h3-7,9,11,17,21H,2,8,10H2,1H3. The van der Waals surface area contributed by atoms with Gasteiger partial charge in [0, 0.05) is 20.0 Å². The molecule has 0 saturated carbocycles. The molecule has 2 aromatic carbocycles. The third-order valence-corrected chi connectivity index (χ3v) is 4.75. The molecule has 0 aliphatic heterocycles. The Morgan fingerprint density at radius 1 is 1.14 bits per heavy atom. The molecule has 0 saturated heterocycles. The van der Waals surface area contributed by atoms with Crippen LogP contribution in [0.15, 0.2) is 51.4 Å². The fourth-order valence-corrected chi connectivity index (χ4v) is 3.44. The minimum absolute atomic E-state index is 0.243. The Bertz CT molecular complexity index is 601. The maximum Gasteiger partial charge on any atom is 0.0410 e. The topological polar surface area (TPSA) is 12.0 Å². The van der Waals surface area contributed by atoms with E-state index in [1.807, 2.05) is 24.3 Å². The summed E-state index contributed by atoms with van der Waals surface area (Å²) in [6.07, 6.45) is 2.03. The van der Waals surface area contributed by atoms with Crippen LogP contribution in [0.1, 0.15) is 30.5 Å². The Morgan fingerprint density at radius 2 is 1.95 bits per heavy atom. The summed E-state index contributed by atoms with van der Waals surface area (Å²) in [5, 5.41) is 4.39. The summed E-state index contributed by atoms with van der Waals surface area (Å²) >= 11 is 13.3. The molecular formula is C17H18Br2ClN. The number of rotatable bonds is 6. The van der Waals surface area contributed by atoms with Crippen LogP contribution >= 0.6 is 43.5 Å². The van der Waals surface area contributed by atoms with Gasteiger partial charge in [-0.25, -0.2) is 0 Å². The summed E-state index contributed by atoms with van der Waals surface area (Å²) in [6, 6.07) is 14.6. The first-order chi connectivity index (χ1) is 10.1. The van der Waals surface area contributed by atoms with Gasteiger partial charge in [0.05, 0.1) is 0 Å². The van der Waals surface area contributed by atoms with Gasteiger partial charge in [0.1, 0.15) is 0 Å². The second kappa shape index (κ2) is 8.33. The van der Waals surface area contributed by atoms with Gasteiger partial charge in [-0.2, -0.15) is 0 Å². The van der Waals surface area contributed by atoms with Crippen molar-refractivity contribution in [3.05, 3.63) is 67.6 Å². The van der Waals surface area contributed by atoms with Crippen LogP contribution in [0, 0.1) is 0 Å². The fourth-order valence-electron chi connectivity index (χ4n) is 2.29. The van der Waals surface area contributed by atoms with E-state index < -0.39 is 0 Å². The minimum atomic E-state index is 0.243. The molecule has 21 heavy (non-hydrogen) atoms. The van der Waals surface area contributed by atoms with Crippen LogP contribution in [0.25, 0.3) is 0 Å². The van der Waals surface area contributed by atoms with Crippen molar-refractivity contribution in [1.29, 1.82) is 0 Å². The van der Waals surface area contributed by atoms with Crippen molar-refractivity contribution in [2.45, 2.75) is 25.8 Å². The number of hydrogen-bond donors (Lipinski definition) is 1. The van der Waals surface area contributed by atoms with Crippen molar-refractivity contribution >= 4 is 43.5 Å². The molecular weight excluding hydrogens is 413 g/mol. The highest BCUT2D eigenvalue weighted by Gasteiger charge is 2.15. The first kappa shape index (κ1) is 17.0. The molecule has 0 fully saturated rings. The van der Waals surface area contributed by atoms with Gasteiger partial charge in [0.2, 0.25) is 0 Å². The predicted octanol–water partition coefficient (Wildman–Crippen LogP) is 6.15. The molecule has 0 amide bonds. The Kier molecular flexibility index (Phi) is 6.74. The number of halogens is 3. The number of benzene rings is 2. The highest BCUT2D eigenvalue weighted by molar-refractivity contribution is 9.10. The van der Waals surface area contributed by atoms with Crippen molar-refractivity contribution in [2.75, 3.05) is 6.54 Å². The molecule has 1 unspecified atom stereocenters. The summed E-state index contributed by atoms with van der Waals surface area (Å²) in [6.45, 7) is 3.16. The smallest absolute Gasteiger partial charge is 0.0410 e. The largest absolute Gasteiger partial charge is 0.310 e. The van der Waals surface area contributed by atoms with Gasteiger partial charge in [-0.1, -0.05) is 62.5 Å². The number of hydrogen-bond acceptors (Lipinski definition) is 1. The van der Waals surface area contributed by atoms with E-state index in [0.717, 1.165) is 33.4 Å². The second-order valence-electron chi connectivity index (χ2n) is 5.01. The van der Waals surface area contributed by atoms with Crippen molar-refractivity contribution in [3.8, 4) is 0 Å². The van der Waals surface area contributed by atoms with Gasteiger partial charge in [-0.05, 0) is 60.8 Å². The molecule has 2 rings (SSSR count). The zero-order valence-corrected chi connectivity index (χ0v) is 15.8. The van der Waals surface area contributed by atoms with Crippen LogP contribution in [-0.4, -0.2) is 6.54 Å². The lowest BCUT2D eigenvalue weighted by Gasteiger charge is -2.21. The summed E-state index contributed by atoms with van der Waals surface area (Å²) in [7, 11) is 0. The zero-order valence-electron chi connectivity index (χ0n) is 11.9. The van der Waals surface area contributed by atoms with E-state index in [2.05, 4.69) is 62.3 Å². The maximum atomic E-state index is 6.17. The molecule has 1 nitrogen and oxygen atoms in total. The van der Waals surface area contributed by atoms with Crippen LogP contribution in [0.2, 0.25) is 5.02 Å². The van der Waals surface area contributed by atoms with Gasteiger partial charge in [-0.15, -0.1) is 0 Å². The lowest BCUT2D eigenvalue weighted by molar-refractivity contribution is 0.527. The summed E-state index contributed by atoms with van der Waals surface area (Å²) in [4.78, 5) is 0. The van der Waals surface area contributed by atoms with Gasteiger partial charge in [0.15, 0.2) is 0 Å². The molecule has 0 radical (unpaired) electrons. The molecule has 0 aliphatic rings. The van der Waals surface area contributed by atoms with Crippen LogP contribution in [0.5, 0.6) is 0 Å². The van der Waals surface area contributed by atoms with Crippen LogP contribution < -0.4 is 5.32 Å². The molecule has 1 atom stereocenters. The quantitative estimate of drug-likeness (QED) is 0.579. The molecule has 0 spiro atoms. The normalized spacial score (nSPS) is 12.4. The lowest BCUT2D eigenvalue weighted by Crippen LogP contribution is -2.24. The average Bonchev–Trinajstić information content (AvgIpc) is 2.46. The average molecular weight is 432 g/mol. The van der Waals surface area contributed by atoms with E-state index in [9.17, 15) is 0 Å². The van der Waals surface area contributed by atoms with Crippen molar-refractivity contribution in [2.24, 2.45) is 0 Å². The van der Waals surface area contributed by atoms with E-state index in [0.29, 0.717) is 0 Å². The van der Waals surface area contributed by atoms with Crippen LogP contribution in [-0.2, 0) is 6.42 Å². The van der Waals surface area contributed by atoms with Gasteiger partial charge in [0.25, 0.3) is 0 Å². The fraction of sp³-hybridized carbons (Fsp3) is 0.294. The van der Waals surface area contributed by atoms with Crippen LogP contribution in [0.3, 0.4) is 0 Å². The zero-order chi connectivity index (χ0) is 15.2. The SMILES string of the molecule is CCCNC(Cc1cccc(Br)c1)c1cc(Cl)ccc1Br. The third kappa shape index (κ3) is 5.10. The van der Waals surface area contributed by atoms with Gasteiger partial charge >= 0.3 is 0 Å². The van der Waals surface area contributed by atoms with Crippen molar-refractivity contribution < 1.29 is 0 Å². The van der Waals surface area contributed by atoms with E-state index in [4.69, 9.17) is 11.6 Å². The molecule has 0 aliphatic carbocycles. The molecule has 112 valence electrons. The highest BCUT2D eigenvalue weighted by atomic mass is 79.9. The Morgan fingerprint density at radius 3 is 2.67 bits per heavy atom. The third-order valence-electron chi connectivity index (χ3n) is 3.30. The van der Waals surface area contributed by atoms with E-state index >= 15 is 0 Å². The maximum absolute atomic E-state index is 6.17. The lowest BCUT2D eigenvalue weighted by atomic mass is 9.98. The summed E-state index contributed by atoms with van der Waals surface area (Å²) in [5.41, 5.74) is 2.50. The van der Waals surface area contributed by atoms with Gasteiger partial charge < -0.3 is 5.32 Å². The molecule has 2 aromatic rings. The molecule has 0 aromatic heterocycles. The molecule has 4 heteroatoms. The van der Waals surface area contributed by atoms with E-state index in [1.54, 1.807) is 0 Å².